The van der Waals surface area contributed by atoms with E-state index in [9.17, 15) is 8.42 Å². The van der Waals surface area contributed by atoms with Crippen molar-refractivity contribution in [3.8, 4) is 0 Å². The molecule has 6 nitrogen and oxygen atoms in total. The fourth-order valence-corrected chi connectivity index (χ4v) is 4.53. The molecule has 7 heteroatoms. The Balaban J connectivity index is 1.79. The summed E-state index contributed by atoms with van der Waals surface area (Å²) in [5, 5.41) is -0.385. The van der Waals surface area contributed by atoms with Gasteiger partial charge in [-0.2, -0.15) is 0 Å². The van der Waals surface area contributed by atoms with E-state index in [0.29, 0.717) is 19.6 Å². The molecule has 1 fully saturated rings. The van der Waals surface area contributed by atoms with Crippen LogP contribution in [0, 0.1) is 0 Å². The standard InChI is InChI=1S/C17H24N4O2S/c1-14(2)24(22,23)21-10-5-6-15(12-21)17-19-9-11-20(17)13-16-7-3-4-8-18-16/h3-4,7-9,11,14-15H,5-6,10,12-13H2,1-2H3/t15-/m0/s1. The first-order valence-electron chi connectivity index (χ1n) is 8.38. The molecule has 1 aliphatic rings. The Morgan fingerprint density at radius 3 is 2.79 bits per heavy atom. The van der Waals surface area contributed by atoms with Crippen molar-refractivity contribution in [1.82, 2.24) is 18.8 Å². The van der Waals surface area contributed by atoms with Crippen LogP contribution in [0.15, 0.2) is 36.8 Å². The van der Waals surface area contributed by atoms with Gasteiger partial charge in [0.05, 0.1) is 17.5 Å². The second-order valence-electron chi connectivity index (χ2n) is 6.53. The smallest absolute Gasteiger partial charge is 0.216 e. The average Bonchev–Trinajstić information content (AvgIpc) is 3.04. The molecule has 0 amide bonds. The molecule has 24 heavy (non-hydrogen) atoms. The Morgan fingerprint density at radius 2 is 2.08 bits per heavy atom. The third-order valence-corrected chi connectivity index (χ3v) is 6.75. The normalized spacial score (nSPS) is 19.7. The minimum Gasteiger partial charge on any atom is -0.329 e. The van der Waals surface area contributed by atoms with Gasteiger partial charge < -0.3 is 4.57 Å². The van der Waals surface area contributed by atoms with Crippen molar-refractivity contribution in [3.63, 3.8) is 0 Å². The maximum absolute atomic E-state index is 12.5. The Hall–Kier alpha value is -1.73. The van der Waals surface area contributed by atoms with Gasteiger partial charge >= 0.3 is 0 Å². The molecular weight excluding hydrogens is 324 g/mol. The van der Waals surface area contributed by atoms with E-state index >= 15 is 0 Å². The van der Waals surface area contributed by atoms with Crippen LogP contribution in [-0.2, 0) is 16.6 Å². The van der Waals surface area contributed by atoms with Crippen LogP contribution in [0.3, 0.4) is 0 Å². The summed E-state index contributed by atoms with van der Waals surface area (Å²) in [5.74, 6) is 1.08. The molecule has 0 aromatic carbocycles. The van der Waals surface area contributed by atoms with Crippen molar-refractivity contribution >= 4 is 10.0 Å². The van der Waals surface area contributed by atoms with E-state index in [2.05, 4.69) is 14.5 Å². The number of rotatable bonds is 5. The third-order valence-electron chi connectivity index (χ3n) is 4.51. The number of imidazole rings is 1. The number of nitrogens with zero attached hydrogens (tertiary/aromatic N) is 4. The van der Waals surface area contributed by atoms with E-state index in [0.717, 1.165) is 24.4 Å². The molecular formula is C17H24N4O2S. The molecule has 0 radical (unpaired) electrons. The monoisotopic (exact) mass is 348 g/mol. The van der Waals surface area contributed by atoms with E-state index in [1.165, 1.54) is 0 Å². The van der Waals surface area contributed by atoms with Gasteiger partial charge in [0.2, 0.25) is 10.0 Å². The Morgan fingerprint density at radius 1 is 1.25 bits per heavy atom. The fraction of sp³-hybridized carbons (Fsp3) is 0.529. The van der Waals surface area contributed by atoms with Gasteiger partial charge in [-0.25, -0.2) is 17.7 Å². The zero-order valence-electron chi connectivity index (χ0n) is 14.2. The molecule has 1 saturated heterocycles. The molecule has 3 heterocycles. The molecule has 0 N–H and O–H groups in total. The fourth-order valence-electron chi connectivity index (χ4n) is 3.16. The molecule has 1 atom stereocenters. The minimum absolute atomic E-state index is 0.131. The molecule has 2 aromatic rings. The van der Waals surface area contributed by atoms with Gasteiger partial charge in [0.25, 0.3) is 0 Å². The lowest BCUT2D eigenvalue weighted by molar-refractivity contribution is 0.303. The molecule has 0 aliphatic carbocycles. The summed E-state index contributed by atoms with van der Waals surface area (Å²) in [7, 11) is -3.21. The highest BCUT2D eigenvalue weighted by atomic mass is 32.2. The maximum atomic E-state index is 12.5. The Labute approximate surface area is 143 Å². The zero-order chi connectivity index (χ0) is 17.2. The van der Waals surface area contributed by atoms with Crippen molar-refractivity contribution < 1.29 is 8.42 Å². The number of sulfonamides is 1. The van der Waals surface area contributed by atoms with Crippen LogP contribution < -0.4 is 0 Å². The van der Waals surface area contributed by atoms with Crippen LogP contribution in [0.2, 0.25) is 0 Å². The topological polar surface area (TPSA) is 68.1 Å². The highest BCUT2D eigenvalue weighted by Crippen LogP contribution is 2.28. The summed E-state index contributed by atoms with van der Waals surface area (Å²) in [5.41, 5.74) is 0.971. The van der Waals surface area contributed by atoms with Gasteiger partial charge in [0.1, 0.15) is 5.82 Å². The molecule has 0 bridgehead atoms. The number of hydrogen-bond acceptors (Lipinski definition) is 4. The quantitative estimate of drug-likeness (QED) is 0.831. The van der Waals surface area contributed by atoms with Crippen LogP contribution >= 0.6 is 0 Å². The van der Waals surface area contributed by atoms with Crippen LogP contribution in [0.1, 0.15) is 44.1 Å². The molecule has 2 aromatic heterocycles. The molecule has 130 valence electrons. The largest absolute Gasteiger partial charge is 0.329 e. The van der Waals surface area contributed by atoms with Gasteiger partial charge in [-0.3, -0.25) is 4.98 Å². The molecule has 3 rings (SSSR count). The molecule has 0 unspecified atom stereocenters. The second-order valence-corrected chi connectivity index (χ2v) is 9.01. The summed E-state index contributed by atoms with van der Waals surface area (Å²) in [4.78, 5) is 8.87. The highest BCUT2D eigenvalue weighted by Gasteiger charge is 2.33. The number of piperidine rings is 1. The van der Waals surface area contributed by atoms with Crippen molar-refractivity contribution in [2.24, 2.45) is 0 Å². The van der Waals surface area contributed by atoms with E-state index in [-0.39, 0.29) is 11.2 Å². The molecule has 0 saturated carbocycles. The van der Waals surface area contributed by atoms with Crippen molar-refractivity contribution in [3.05, 3.63) is 48.3 Å². The van der Waals surface area contributed by atoms with Crippen molar-refractivity contribution in [2.45, 2.75) is 44.4 Å². The second kappa shape index (κ2) is 7.03. The zero-order valence-corrected chi connectivity index (χ0v) is 15.0. The van der Waals surface area contributed by atoms with Gasteiger partial charge in [0, 0.05) is 37.6 Å². The van der Waals surface area contributed by atoms with Crippen LogP contribution in [0.25, 0.3) is 0 Å². The van der Waals surface area contributed by atoms with Crippen molar-refractivity contribution in [1.29, 1.82) is 0 Å². The van der Waals surface area contributed by atoms with Crippen molar-refractivity contribution in [2.75, 3.05) is 13.1 Å². The van der Waals surface area contributed by atoms with E-state index in [4.69, 9.17) is 0 Å². The molecule has 0 spiro atoms. The maximum Gasteiger partial charge on any atom is 0.216 e. The number of aromatic nitrogens is 3. The number of hydrogen-bond donors (Lipinski definition) is 0. The van der Waals surface area contributed by atoms with Gasteiger partial charge in [-0.1, -0.05) is 6.07 Å². The summed E-state index contributed by atoms with van der Waals surface area (Å²) in [6.07, 6.45) is 7.34. The minimum atomic E-state index is -3.21. The average molecular weight is 348 g/mol. The predicted octanol–water partition coefficient (Wildman–Crippen LogP) is 2.24. The van der Waals surface area contributed by atoms with E-state index < -0.39 is 10.0 Å². The summed E-state index contributed by atoms with van der Waals surface area (Å²) in [6, 6.07) is 5.85. The first kappa shape index (κ1) is 17.1. The van der Waals surface area contributed by atoms with Crippen LogP contribution in [0.5, 0.6) is 0 Å². The van der Waals surface area contributed by atoms with Gasteiger partial charge in [0.15, 0.2) is 0 Å². The van der Waals surface area contributed by atoms with Crippen LogP contribution in [-0.4, -0.2) is 45.6 Å². The lowest BCUT2D eigenvalue weighted by atomic mass is 9.99. The SMILES string of the molecule is CC(C)S(=O)(=O)N1CCC[C@H](c2nccn2Cc2ccccn2)C1. The Kier molecular flexibility index (Phi) is 5.01. The van der Waals surface area contributed by atoms with E-state index in [1.807, 2.05) is 24.4 Å². The predicted molar refractivity (Wildman–Crippen MR) is 93.2 cm³/mol. The molecule has 1 aliphatic heterocycles. The van der Waals surface area contributed by atoms with Crippen LogP contribution in [0.4, 0.5) is 0 Å². The number of pyridine rings is 1. The summed E-state index contributed by atoms with van der Waals surface area (Å²) >= 11 is 0. The van der Waals surface area contributed by atoms with E-state index in [1.54, 1.807) is 30.5 Å². The first-order valence-corrected chi connectivity index (χ1v) is 9.88. The van der Waals surface area contributed by atoms with Gasteiger partial charge in [-0.15, -0.1) is 0 Å². The lowest BCUT2D eigenvalue weighted by Crippen LogP contribution is -2.42. The Bertz CT molecular complexity index is 771. The summed E-state index contributed by atoms with van der Waals surface area (Å²) < 4.78 is 28.6. The summed E-state index contributed by atoms with van der Waals surface area (Å²) in [6.45, 7) is 5.25. The van der Waals surface area contributed by atoms with Gasteiger partial charge in [-0.05, 0) is 38.8 Å². The highest BCUT2D eigenvalue weighted by molar-refractivity contribution is 7.89. The lowest BCUT2D eigenvalue weighted by Gasteiger charge is -2.33. The first-order chi connectivity index (χ1) is 11.5. The third kappa shape index (κ3) is 3.52.